The predicted octanol–water partition coefficient (Wildman–Crippen LogP) is 3.40. The van der Waals surface area contributed by atoms with Crippen molar-refractivity contribution in [2.45, 2.75) is 6.42 Å². The molecule has 1 aliphatic carbocycles. The standard InChI is InChI=1S/C11H7Cl/c12-11-3-1-2-8-9(11)5-4-7-6-10(7)8/h1-5H,6H2. The molecule has 0 radical (unpaired) electrons. The molecule has 0 heterocycles. The van der Waals surface area contributed by atoms with E-state index in [2.05, 4.69) is 18.2 Å². The number of halogens is 1. The Labute approximate surface area is 75.8 Å². The summed E-state index contributed by atoms with van der Waals surface area (Å²) in [7, 11) is 0. The van der Waals surface area contributed by atoms with Gasteiger partial charge in [0.05, 0.1) is 0 Å². The largest absolute Gasteiger partial charge is 0.0837 e. The maximum Gasteiger partial charge on any atom is 0.0484 e. The zero-order valence-corrected chi connectivity index (χ0v) is 7.23. The van der Waals surface area contributed by atoms with E-state index in [1.165, 1.54) is 21.9 Å². The summed E-state index contributed by atoms with van der Waals surface area (Å²) in [5, 5.41) is 3.39. The van der Waals surface area contributed by atoms with E-state index >= 15 is 0 Å². The molecule has 1 heteroatoms. The van der Waals surface area contributed by atoms with Crippen LogP contribution in [0.5, 0.6) is 0 Å². The van der Waals surface area contributed by atoms with Crippen molar-refractivity contribution >= 4 is 22.4 Å². The highest BCUT2D eigenvalue weighted by Crippen LogP contribution is 2.37. The first-order valence-corrected chi connectivity index (χ1v) is 4.43. The van der Waals surface area contributed by atoms with Gasteiger partial charge in [-0.05, 0) is 29.0 Å². The van der Waals surface area contributed by atoms with Crippen LogP contribution < -0.4 is 0 Å². The topological polar surface area (TPSA) is 0 Å². The van der Waals surface area contributed by atoms with Crippen LogP contribution in [0.15, 0.2) is 30.3 Å². The molecule has 0 atom stereocenters. The fourth-order valence-electron chi connectivity index (χ4n) is 1.73. The van der Waals surface area contributed by atoms with Crippen LogP contribution in [0.1, 0.15) is 11.1 Å². The van der Waals surface area contributed by atoms with Crippen molar-refractivity contribution in [3.63, 3.8) is 0 Å². The normalized spacial score (nSPS) is 13.1. The second kappa shape index (κ2) is 2.02. The molecule has 0 unspecified atom stereocenters. The van der Waals surface area contributed by atoms with Gasteiger partial charge in [-0.3, -0.25) is 0 Å². The Morgan fingerprint density at radius 2 is 1.92 bits per heavy atom. The van der Waals surface area contributed by atoms with Crippen LogP contribution >= 0.6 is 11.6 Å². The molecule has 0 saturated carbocycles. The number of fused-ring (bicyclic) bond motifs is 3. The summed E-state index contributed by atoms with van der Waals surface area (Å²) in [6, 6.07) is 10.4. The van der Waals surface area contributed by atoms with Crippen LogP contribution in [-0.2, 0) is 6.42 Å². The number of hydrogen-bond donors (Lipinski definition) is 0. The third-order valence-electron chi connectivity index (χ3n) is 2.46. The van der Waals surface area contributed by atoms with Crippen molar-refractivity contribution in [3.8, 4) is 0 Å². The summed E-state index contributed by atoms with van der Waals surface area (Å²) >= 11 is 6.05. The average Bonchev–Trinajstić information content (AvgIpc) is 2.83. The van der Waals surface area contributed by atoms with E-state index in [0.717, 1.165) is 11.4 Å². The van der Waals surface area contributed by atoms with Crippen LogP contribution in [0.25, 0.3) is 10.8 Å². The lowest BCUT2D eigenvalue weighted by atomic mass is 10.1. The molecule has 0 amide bonds. The van der Waals surface area contributed by atoms with Gasteiger partial charge >= 0.3 is 0 Å². The van der Waals surface area contributed by atoms with E-state index < -0.39 is 0 Å². The van der Waals surface area contributed by atoms with Crippen LogP contribution in [0.3, 0.4) is 0 Å². The van der Waals surface area contributed by atoms with Crippen LogP contribution in [-0.4, -0.2) is 0 Å². The first kappa shape index (κ1) is 6.50. The smallest absolute Gasteiger partial charge is 0.0484 e. The average molecular weight is 175 g/mol. The molecule has 3 rings (SSSR count). The van der Waals surface area contributed by atoms with Gasteiger partial charge in [0.1, 0.15) is 0 Å². The zero-order chi connectivity index (χ0) is 8.13. The highest BCUT2D eigenvalue weighted by molar-refractivity contribution is 6.35. The molecule has 0 saturated heterocycles. The Morgan fingerprint density at radius 3 is 2.83 bits per heavy atom. The number of benzene rings is 2. The van der Waals surface area contributed by atoms with Gasteiger partial charge in [-0.25, -0.2) is 0 Å². The van der Waals surface area contributed by atoms with Crippen molar-refractivity contribution in [2.24, 2.45) is 0 Å². The van der Waals surface area contributed by atoms with Gasteiger partial charge in [0.15, 0.2) is 0 Å². The van der Waals surface area contributed by atoms with E-state index in [-0.39, 0.29) is 0 Å². The minimum absolute atomic E-state index is 0.863. The summed E-state index contributed by atoms with van der Waals surface area (Å²) in [6.07, 6.45) is 1.16. The Kier molecular flexibility index (Phi) is 1.09. The van der Waals surface area contributed by atoms with Gasteiger partial charge in [0, 0.05) is 10.4 Å². The molecule has 0 N–H and O–H groups in total. The Bertz CT molecular complexity index is 466. The second-order valence-corrected chi connectivity index (χ2v) is 3.62. The second-order valence-electron chi connectivity index (χ2n) is 3.21. The maximum atomic E-state index is 6.05. The molecule has 2 aromatic rings. The van der Waals surface area contributed by atoms with Gasteiger partial charge in [0.25, 0.3) is 0 Å². The minimum Gasteiger partial charge on any atom is -0.0837 e. The van der Waals surface area contributed by atoms with Crippen molar-refractivity contribution in [2.75, 3.05) is 0 Å². The third kappa shape index (κ3) is 0.733. The van der Waals surface area contributed by atoms with Crippen molar-refractivity contribution in [1.29, 1.82) is 0 Å². The lowest BCUT2D eigenvalue weighted by Gasteiger charge is -1.97. The fourth-order valence-corrected chi connectivity index (χ4v) is 1.97. The maximum absolute atomic E-state index is 6.05. The molecular weight excluding hydrogens is 168 g/mol. The molecule has 0 nitrogen and oxygen atoms in total. The zero-order valence-electron chi connectivity index (χ0n) is 6.47. The van der Waals surface area contributed by atoms with E-state index in [4.69, 9.17) is 11.6 Å². The molecule has 0 fully saturated rings. The summed E-state index contributed by atoms with van der Waals surface area (Å²) in [6.45, 7) is 0. The highest BCUT2D eigenvalue weighted by atomic mass is 35.5. The van der Waals surface area contributed by atoms with E-state index in [0.29, 0.717) is 0 Å². The summed E-state index contributed by atoms with van der Waals surface area (Å²) in [5.41, 5.74) is 2.96. The van der Waals surface area contributed by atoms with Crippen molar-refractivity contribution < 1.29 is 0 Å². The summed E-state index contributed by atoms with van der Waals surface area (Å²) in [4.78, 5) is 0. The molecule has 12 heavy (non-hydrogen) atoms. The first-order valence-electron chi connectivity index (χ1n) is 4.05. The highest BCUT2D eigenvalue weighted by Gasteiger charge is 2.19. The molecule has 2 aromatic carbocycles. The van der Waals surface area contributed by atoms with Gasteiger partial charge in [0.2, 0.25) is 0 Å². The molecule has 0 aromatic heterocycles. The summed E-state index contributed by atoms with van der Waals surface area (Å²) < 4.78 is 0. The van der Waals surface area contributed by atoms with Gasteiger partial charge in [-0.1, -0.05) is 35.9 Å². The SMILES string of the molecule is Clc1cccc2c3c(ccc12)C3. The molecule has 0 aliphatic heterocycles. The monoisotopic (exact) mass is 174 g/mol. The minimum atomic E-state index is 0.863. The van der Waals surface area contributed by atoms with E-state index in [1.54, 1.807) is 0 Å². The number of rotatable bonds is 0. The predicted molar refractivity (Wildman–Crippen MR) is 51.8 cm³/mol. The summed E-state index contributed by atoms with van der Waals surface area (Å²) in [5.74, 6) is 0. The fraction of sp³-hybridized carbons (Fsp3) is 0.0909. The molecule has 1 aliphatic rings. The molecular formula is C11H7Cl. The van der Waals surface area contributed by atoms with Gasteiger partial charge < -0.3 is 0 Å². The lowest BCUT2D eigenvalue weighted by molar-refractivity contribution is 1.62. The van der Waals surface area contributed by atoms with Gasteiger partial charge in [-0.15, -0.1) is 0 Å². The van der Waals surface area contributed by atoms with E-state index in [1.807, 2.05) is 12.1 Å². The molecule has 58 valence electrons. The van der Waals surface area contributed by atoms with Crippen LogP contribution in [0, 0.1) is 0 Å². The molecule has 0 bridgehead atoms. The van der Waals surface area contributed by atoms with Crippen molar-refractivity contribution in [1.82, 2.24) is 0 Å². The van der Waals surface area contributed by atoms with E-state index in [9.17, 15) is 0 Å². The van der Waals surface area contributed by atoms with Gasteiger partial charge in [-0.2, -0.15) is 0 Å². The van der Waals surface area contributed by atoms with Crippen LogP contribution in [0.2, 0.25) is 5.02 Å². The third-order valence-corrected chi connectivity index (χ3v) is 2.79. The molecule has 0 spiro atoms. The lowest BCUT2D eigenvalue weighted by Crippen LogP contribution is -1.71. The Hall–Kier alpha value is -1.01. The number of hydrogen-bond acceptors (Lipinski definition) is 0. The van der Waals surface area contributed by atoms with Crippen LogP contribution in [0.4, 0.5) is 0 Å². The Balaban J connectivity index is 2.55. The first-order chi connectivity index (χ1) is 5.86. The quantitative estimate of drug-likeness (QED) is 0.490. The van der Waals surface area contributed by atoms with Crippen molar-refractivity contribution in [3.05, 3.63) is 46.5 Å². The Morgan fingerprint density at radius 1 is 1.00 bits per heavy atom.